The van der Waals surface area contributed by atoms with Crippen LogP contribution in [-0.4, -0.2) is 108 Å². The van der Waals surface area contributed by atoms with Crippen LogP contribution >= 0.6 is 0 Å². The first kappa shape index (κ1) is 32.3. The number of alkyl carbamates (subject to hydrolysis) is 1. The molecule has 0 bridgehead atoms. The highest BCUT2D eigenvalue weighted by Crippen LogP contribution is 2.51. The summed E-state index contributed by atoms with van der Waals surface area (Å²) in [7, 11) is 0. The van der Waals surface area contributed by atoms with Gasteiger partial charge in [-0.05, 0) is 90.1 Å². The van der Waals surface area contributed by atoms with Crippen LogP contribution in [0.15, 0.2) is 11.8 Å². The third-order valence-corrected chi connectivity index (χ3v) is 12.1. The van der Waals surface area contributed by atoms with E-state index in [2.05, 4.69) is 25.8 Å². The van der Waals surface area contributed by atoms with Crippen LogP contribution in [0.1, 0.15) is 85.0 Å². The Morgan fingerprint density at radius 1 is 1.04 bits per heavy atom. The number of morpholine rings is 1. The number of ether oxygens (including phenoxy) is 2. The van der Waals surface area contributed by atoms with Crippen molar-refractivity contribution < 1.29 is 28.2 Å². The summed E-state index contributed by atoms with van der Waals surface area (Å²) in [4.78, 5) is 44.6. The molecule has 3 saturated carbocycles. The maximum Gasteiger partial charge on any atom is 0.407 e. The minimum atomic E-state index is -1.28. The van der Waals surface area contributed by atoms with Gasteiger partial charge in [0.2, 0.25) is 0 Å². The van der Waals surface area contributed by atoms with Crippen molar-refractivity contribution in [2.75, 3.05) is 32.7 Å². The molecule has 7 rings (SSSR count). The number of piperidine rings is 1. The Balaban J connectivity index is 1.13. The Kier molecular flexibility index (Phi) is 9.13. The van der Waals surface area contributed by atoms with Gasteiger partial charge in [0.05, 0.1) is 35.9 Å². The molecule has 0 aromatic rings. The molecule has 0 aromatic carbocycles. The van der Waals surface area contributed by atoms with E-state index < -0.39 is 35.9 Å². The third-order valence-electron chi connectivity index (χ3n) is 12.1. The molecule has 3 N–H and O–H groups in total. The fourth-order valence-electron chi connectivity index (χ4n) is 9.93. The Bertz CT molecular complexity index is 1200. The molecule has 2 amide bonds. The topological polar surface area (TPSA) is 112 Å². The molecule has 46 heavy (non-hydrogen) atoms. The molecule has 10 unspecified atom stereocenters. The van der Waals surface area contributed by atoms with Gasteiger partial charge in [-0.15, -0.1) is 0 Å². The lowest BCUT2D eigenvalue weighted by atomic mass is 9.64. The number of Topliss-reactive ketones (excluding diaryl/α,β-unsaturated/α-hetero) is 1. The monoisotopic (exact) mass is 643 g/mol. The van der Waals surface area contributed by atoms with E-state index in [0.29, 0.717) is 43.8 Å². The molecule has 0 radical (unpaired) electrons. The van der Waals surface area contributed by atoms with Crippen molar-refractivity contribution in [2.24, 2.45) is 23.7 Å². The van der Waals surface area contributed by atoms with Crippen molar-refractivity contribution in [2.45, 2.75) is 133 Å². The molecule has 4 aliphatic heterocycles. The number of likely N-dealkylation sites (tertiary alicyclic amines) is 1. The molecular formula is C35H54FN5O5. The standard InChI is InChI=1S/C35H54FN5O5/c1-35(2,3)46-34(44)39-23-10-13-40(18-23)30-26(36)16-24-29-32(30)45-28-15-22-7-5-4-6-21(22)14-27(28)41(29)19-25(31(24)42)33(43)38-17-20-8-11-37-12-9-20/h19-24,26-30,32,37H,4-18H2,1-3H3,(H,38,43)(H,39,44). The maximum atomic E-state index is 16.5. The Morgan fingerprint density at radius 2 is 1.78 bits per heavy atom. The number of fused-ring (bicyclic) bond motifs is 3. The average Bonchev–Trinajstić information content (AvgIpc) is 3.47. The summed E-state index contributed by atoms with van der Waals surface area (Å²) >= 11 is 0. The fourth-order valence-corrected chi connectivity index (χ4v) is 9.93. The number of amides is 2. The predicted octanol–water partition coefficient (Wildman–Crippen LogP) is 3.30. The predicted molar refractivity (Wildman–Crippen MR) is 171 cm³/mol. The zero-order valence-corrected chi connectivity index (χ0v) is 27.8. The van der Waals surface area contributed by atoms with Gasteiger partial charge in [0, 0.05) is 37.8 Å². The molecule has 256 valence electrons. The average molecular weight is 644 g/mol. The Morgan fingerprint density at radius 3 is 2.52 bits per heavy atom. The largest absolute Gasteiger partial charge is 0.444 e. The van der Waals surface area contributed by atoms with Gasteiger partial charge in [-0.25, -0.2) is 9.18 Å². The van der Waals surface area contributed by atoms with Gasteiger partial charge in [-0.2, -0.15) is 0 Å². The van der Waals surface area contributed by atoms with Crippen LogP contribution in [-0.2, 0) is 19.1 Å². The number of ketones is 1. The molecule has 3 saturated heterocycles. The van der Waals surface area contributed by atoms with E-state index in [1.807, 2.05) is 27.0 Å². The van der Waals surface area contributed by atoms with E-state index in [1.54, 1.807) is 0 Å². The van der Waals surface area contributed by atoms with Crippen LogP contribution in [0, 0.1) is 23.7 Å². The quantitative estimate of drug-likeness (QED) is 0.392. The van der Waals surface area contributed by atoms with E-state index in [1.165, 1.54) is 25.7 Å². The second kappa shape index (κ2) is 13.0. The maximum absolute atomic E-state index is 16.5. The summed E-state index contributed by atoms with van der Waals surface area (Å²) in [5.74, 6) is 0.460. The highest BCUT2D eigenvalue weighted by Gasteiger charge is 2.61. The number of rotatable bonds is 5. The summed E-state index contributed by atoms with van der Waals surface area (Å²) in [6, 6.07) is -0.881. The van der Waals surface area contributed by atoms with Crippen molar-refractivity contribution in [3.8, 4) is 0 Å². The zero-order valence-electron chi connectivity index (χ0n) is 27.8. The molecular weight excluding hydrogens is 589 g/mol. The minimum Gasteiger partial charge on any atom is -0.444 e. The van der Waals surface area contributed by atoms with Crippen LogP contribution in [0.3, 0.4) is 0 Å². The molecule has 10 atom stereocenters. The first-order chi connectivity index (χ1) is 22.1. The summed E-state index contributed by atoms with van der Waals surface area (Å²) in [6.45, 7) is 9.10. The fraction of sp³-hybridized carbons (Fsp3) is 0.857. The van der Waals surface area contributed by atoms with Crippen LogP contribution in [0.25, 0.3) is 0 Å². The lowest BCUT2D eigenvalue weighted by Gasteiger charge is -2.61. The highest BCUT2D eigenvalue weighted by atomic mass is 19.1. The summed E-state index contributed by atoms with van der Waals surface area (Å²) < 4.78 is 29.0. The number of nitrogens with one attached hydrogen (secondary N) is 3. The first-order valence-electron chi connectivity index (χ1n) is 18.1. The molecule has 6 fully saturated rings. The number of halogens is 1. The molecule has 7 aliphatic rings. The smallest absolute Gasteiger partial charge is 0.407 e. The molecule has 0 aromatic heterocycles. The number of carbonyl (C=O) groups is 3. The zero-order chi connectivity index (χ0) is 32.2. The van der Waals surface area contributed by atoms with Crippen LogP contribution in [0.4, 0.5) is 9.18 Å². The van der Waals surface area contributed by atoms with Gasteiger partial charge in [0.15, 0.2) is 5.78 Å². The van der Waals surface area contributed by atoms with Gasteiger partial charge >= 0.3 is 6.09 Å². The van der Waals surface area contributed by atoms with Crippen molar-refractivity contribution >= 4 is 17.8 Å². The Hall–Kier alpha value is -2.24. The van der Waals surface area contributed by atoms with E-state index in [-0.39, 0.29) is 47.9 Å². The Labute approximate surface area is 272 Å². The number of alkyl halides is 1. The normalized spacial score (nSPS) is 39.9. The van der Waals surface area contributed by atoms with Gasteiger partial charge in [-0.1, -0.05) is 25.7 Å². The minimum absolute atomic E-state index is 0.0594. The van der Waals surface area contributed by atoms with Crippen LogP contribution < -0.4 is 16.0 Å². The first-order valence-corrected chi connectivity index (χ1v) is 18.1. The molecule has 10 nitrogen and oxygen atoms in total. The lowest BCUT2D eigenvalue weighted by molar-refractivity contribution is -0.219. The van der Waals surface area contributed by atoms with E-state index in [4.69, 9.17) is 9.47 Å². The SMILES string of the molecule is CC(C)(C)OC(=O)NC1CCN(C2C(F)CC3C(=O)C(C(=O)NCC4CCNCC4)=CN4C5CC6CCCCC6CC5OC2C34)C1. The van der Waals surface area contributed by atoms with Gasteiger partial charge < -0.3 is 30.3 Å². The van der Waals surface area contributed by atoms with E-state index in [9.17, 15) is 14.4 Å². The second-order valence-corrected chi connectivity index (χ2v) is 16.2. The number of hydrogen-bond donors (Lipinski definition) is 3. The number of carbonyl (C=O) groups excluding carboxylic acids is 3. The summed E-state index contributed by atoms with van der Waals surface area (Å²) in [5, 5.41) is 9.42. The van der Waals surface area contributed by atoms with Gasteiger partial charge in [0.1, 0.15) is 11.8 Å². The molecule has 0 spiro atoms. The van der Waals surface area contributed by atoms with Crippen molar-refractivity contribution in [3.63, 3.8) is 0 Å². The van der Waals surface area contributed by atoms with Gasteiger partial charge in [0.25, 0.3) is 5.91 Å². The second-order valence-electron chi connectivity index (χ2n) is 16.2. The van der Waals surface area contributed by atoms with Crippen molar-refractivity contribution in [3.05, 3.63) is 11.8 Å². The summed E-state index contributed by atoms with van der Waals surface area (Å²) in [5.41, 5.74) is -0.406. The van der Waals surface area contributed by atoms with E-state index in [0.717, 1.165) is 38.8 Å². The number of nitrogens with zero attached hydrogens (tertiary/aromatic N) is 2. The summed E-state index contributed by atoms with van der Waals surface area (Å²) in [6.07, 6.45) is 9.24. The van der Waals surface area contributed by atoms with Crippen LogP contribution in [0.2, 0.25) is 0 Å². The third kappa shape index (κ3) is 6.44. The molecule has 11 heteroatoms. The lowest BCUT2D eigenvalue weighted by Crippen LogP contribution is -2.73. The van der Waals surface area contributed by atoms with E-state index >= 15 is 4.39 Å². The van der Waals surface area contributed by atoms with Crippen molar-refractivity contribution in [1.82, 2.24) is 25.8 Å². The van der Waals surface area contributed by atoms with Crippen LogP contribution in [0.5, 0.6) is 0 Å². The van der Waals surface area contributed by atoms with Gasteiger partial charge in [-0.3, -0.25) is 14.5 Å². The highest BCUT2D eigenvalue weighted by molar-refractivity contribution is 6.20. The van der Waals surface area contributed by atoms with Crippen molar-refractivity contribution in [1.29, 1.82) is 0 Å². The molecule has 3 aliphatic carbocycles. The number of hydrogen-bond acceptors (Lipinski definition) is 8. The molecule has 4 heterocycles.